The lowest BCUT2D eigenvalue weighted by Crippen LogP contribution is -2.36. The zero-order valence-corrected chi connectivity index (χ0v) is 10.2. The highest BCUT2D eigenvalue weighted by molar-refractivity contribution is 4.94. The smallest absolute Gasteiger partial charge is 0.0468 e. The second kappa shape index (κ2) is 4.66. The van der Waals surface area contributed by atoms with Crippen molar-refractivity contribution in [3.05, 3.63) is 0 Å². The molecule has 1 heterocycles. The van der Waals surface area contributed by atoms with Gasteiger partial charge in [0, 0.05) is 19.3 Å². The van der Waals surface area contributed by atoms with Crippen molar-refractivity contribution in [1.29, 1.82) is 0 Å². The van der Waals surface area contributed by atoms with Crippen LogP contribution in [0.4, 0.5) is 0 Å². The van der Waals surface area contributed by atoms with Gasteiger partial charge in [0.05, 0.1) is 0 Å². The van der Waals surface area contributed by atoms with Crippen LogP contribution in [0, 0.1) is 23.7 Å². The van der Waals surface area contributed by atoms with E-state index < -0.39 is 0 Å². The maximum Gasteiger partial charge on any atom is 0.0468 e. The highest BCUT2D eigenvalue weighted by Crippen LogP contribution is 2.50. The molecule has 2 aliphatic carbocycles. The minimum atomic E-state index is 0.485. The molecule has 0 amide bonds. The van der Waals surface area contributed by atoms with Crippen LogP contribution < -0.4 is 5.73 Å². The quantitative estimate of drug-likeness (QED) is 0.798. The van der Waals surface area contributed by atoms with Gasteiger partial charge in [-0.3, -0.25) is 0 Å². The van der Waals surface area contributed by atoms with Crippen molar-refractivity contribution in [1.82, 2.24) is 0 Å². The van der Waals surface area contributed by atoms with E-state index in [4.69, 9.17) is 10.5 Å². The number of rotatable bonds is 3. The summed E-state index contributed by atoms with van der Waals surface area (Å²) < 4.78 is 5.42. The summed E-state index contributed by atoms with van der Waals surface area (Å²) in [4.78, 5) is 0. The first-order valence-electron chi connectivity index (χ1n) is 7.16. The van der Waals surface area contributed by atoms with Gasteiger partial charge in [0.1, 0.15) is 0 Å². The molecular weight excluding hydrogens is 198 g/mol. The van der Waals surface area contributed by atoms with Crippen molar-refractivity contribution in [2.24, 2.45) is 29.4 Å². The van der Waals surface area contributed by atoms with Crippen molar-refractivity contribution in [3.63, 3.8) is 0 Å². The molecule has 92 valence electrons. The summed E-state index contributed by atoms with van der Waals surface area (Å²) in [5, 5.41) is 0. The summed E-state index contributed by atoms with van der Waals surface area (Å²) in [6, 6.07) is 0.485. The molecule has 2 heteroatoms. The molecule has 1 aliphatic heterocycles. The Kier molecular flexibility index (Phi) is 3.21. The molecule has 1 saturated heterocycles. The fraction of sp³-hybridized carbons (Fsp3) is 1.00. The molecule has 2 bridgehead atoms. The molecule has 0 spiro atoms. The Balaban J connectivity index is 1.51. The van der Waals surface area contributed by atoms with Crippen molar-refractivity contribution in [2.45, 2.75) is 51.0 Å². The van der Waals surface area contributed by atoms with E-state index in [1.807, 2.05) is 0 Å². The van der Waals surface area contributed by atoms with Crippen molar-refractivity contribution < 1.29 is 4.74 Å². The lowest BCUT2D eigenvalue weighted by Gasteiger charge is -2.31. The first-order valence-corrected chi connectivity index (χ1v) is 7.16. The second-order valence-electron chi connectivity index (χ2n) is 6.29. The fourth-order valence-electron chi connectivity index (χ4n) is 4.36. The van der Waals surface area contributed by atoms with Gasteiger partial charge in [0.2, 0.25) is 0 Å². The van der Waals surface area contributed by atoms with E-state index in [0.29, 0.717) is 6.04 Å². The average Bonchev–Trinajstić information content (AvgIpc) is 2.92. The Morgan fingerprint density at radius 3 is 2.50 bits per heavy atom. The van der Waals surface area contributed by atoms with E-state index in [1.165, 1.54) is 44.9 Å². The van der Waals surface area contributed by atoms with E-state index in [0.717, 1.165) is 36.9 Å². The van der Waals surface area contributed by atoms with Gasteiger partial charge in [0.15, 0.2) is 0 Å². The first kappa shape index (κ1) is 11.0. The Morgan fingerprint density at radius 2 is 1.88 bits per heavy atom. The third kappa shape index (κ3) is 2.14. The number of hydrogen-bond donors (Lipinski definition) is 1. The first-order chi connectivity index (χ1) is 7.83. The molecule has 2 nitrogen and oxygen atoms in total. The molecule has 16 heavy (non-hydrogen) atoms. The fourth-order valence-corrected chi connectivity index (χ4v) is 4.36. The minimum absolute atomic E-state index is 0.485. The number of hydrogen-bond acceptors (Lipinski definition) is 2. The van der Waals surface area contributed by atoms with E-state index in [1.54, 1.807) is 0 Å². The Hall–Kier alpha value is -0.0800. The molecule has 0 radical (unpaired) electrons. The van der Waals surface area contributed by atoms with Crippen LogP contribution >= 0.6 is 0 Å². The summed E-state index contributed by atoms with van der Waals surface area (Å²) in [5.41, 5.74) is 6.46. The molecule has 4 unspecified atom stereocenters. The lowest BCUT2D eigenvalue weighted by molar-refractivity contribution is 0.0582. The van der Waals surface area contributed by atoms with Crippen LogP contribution in [0.2, 0.25) is 0 Å². The highest BCUT2D eigenvalue weighted by atomic mass is 16.5. The Labute approximate surface area is 98.9 Å². The molecule has 3 fully saturated rings. The van der Waals surface area contributed by atoms with E-state index >= 15 is 0 Å². The van der Waals surface area contributed by atoms with Crippen LogP contribution in [0.15, 0.2) is 0 Å². The SMILES string of the molecule is NC(CC1CCOCC1)C1CC2CCC1C2. The van der Waals surface area contributed by atoms with E-state index in [2.05, 4.69) is 0 Å². The summed E-state index contributed by atoms with van der Waals surface area (Å²) in [6.45, 7) is 1.93. The van der Waals surface area contributed by atoms with Crippen LogP contribution in [-0.4, -0.2) is 19.3 Å². The molecule has 2 N–H and O–H groups in total. The third-order valence-electron chi connectivity index (χ3n) is 5.29. The summed E-state index contributed by atoms with van der Waals surface area (Å²) in [6.07, 6.45) is 9.64. The number of nitrogens with two attached hydrogens (primary N) is 1. The Bertz CT molecular complexity index is 237. The van der Waals surface area contributed by atoms with Gasteiger partial charge in [-0.1, -0.05) is 6.42 Å². The summed E-state index contributed by atoms with van der Waals surface area (Å²) in [5.74, 6) is 3.74. The maximum absolute atomic E-state index is 6.46. The Morgan fingerprint density at radius 1 is 1.06 bits per heavy atom. The van der Waals surface area contributed by atoms with Gasteiger partial charge in [0.25, 0.3) is 0 Å². The van der Waals surface area contributed by atoms with Gasteiger partial charge < -0.3 is 10.5 Å². The monoisotopic (exact) mass is 223 g/mol. The van der Waals surface area contributed by atoms with Crippen LogP contribution in [-0.2, 0) is 4.74 Å². The topological polar surface area (TPSA) is 35.2 Å². The standard InChI is InChI=1S/C14H25NO/c15-14(9-10-3-5-16-6-4-10)13-8-11-1-2-12(13)7-11/h10-14H,1-9,15H2. The molecule has 3 aliphatic rings. The second-order valence-corrected chi connectivity index (χ2v) is 6.29. The molecule has 3 rings (SSSR count). The number of fused-ring (bicyclic) bond motifs is 2. The average molecular weight is 223 g/mol. The zero-order valence-electron chi connectivity index (χ0n) is 10.2. The van der Waals surface area contributed by atoms with Crippen LogP contribution in [0.5, 0.6) is 0 Å². The van der Waals surface area contributed by atoms with Crippen LogP contribution in [0.1, 0.15) is 44.9 Å². The predicted octanol–water partition coefficient (Wildman–Crippen LogP) is 2.57. The van der Waals surface area contributed by atoms with E-state index in [9.17, 15) is 0 Å². The largest absolute Gasteiger partial charge is 0.381 e. The van der Waals surface area contributed by atoms with Crippen LogP contribution in [0.25, 0.3) is 0 Å². The molecule has 0 aromatic carbocycles. The molecular formula is C14H25NO. The maximum atomic E-state index is 6.46. The van der Waals surface area contributed by atoms with Crippen molar-refractivity contribution in [2.75, 3.05) is 13.2 Å². The molecule has 4 atom stereocenters. The molecule has 2 saturated carbocycles. The van der Waals surface area contributed by atoms with Crippen molar-refractivity contribution in [3.8, 4) is 0 Å². The minimum Gasteiger partial charge on any atom is -0.381 e. The highest BCUT2D eigenvalue weighted by Gasteiger charge is 2.42. The van der Waals surface area contributed by atoms with Gasteiger partial charge >= 0.3 is 0 Å². The molecule has 0 aromatic rings. The third-order valence-corrected chi connectivity index (χ3v) is 5.29. The zero-order chi connectivity index (χ0) is 11.0. The summed E-state index contributed by atoms with van der Waals surface area (Å²) >= 11 is 0. The van der Waals surface area contributed by atoms with Gasteiger partial charge in [-0.15, -0.1) is 0 Å². The van der Waals surface area contributed by atoms with Gasteiger partial charge in [-0.05, 0) is 62.2 Å². The van der Waals surface area contributed by atoms with Crippen molar-refractivity contribution >= 4 is 0 Å². The summed E-state index contributed by atoms with van der Waals surface area (Å²) in [7, 11) is 0. The normalized spacial score (nSPS) is 41.4. The predicted molar refractivity (Wildman–Crippen MR) is 65.1 cm³/mol. The molecule has 0 aromatic heterocycles. The number of ether oxygens (including phenoxy) is 1. The van der Waals surface area contributed by atoms with E-state index in [-0.39, 0.29) is 0 Å². The lowest BCUT2D eigenvalue weighted by atomic mass is 9.79. The van der Waals surface area contributed by atoms with Crippen LogP contribution in [0.3, 0.4) is 0 Å². The van der Waals surface area contributed by atoms with Gasteiger partial charge in [-0.2, -0.15) is 0 Å². The van der Waals surface area contributed by atoms with Gasteiger partial charge in [-0.25, -0.2) is 0 Å².